The van der Waals surface area contributed by atoms with E-state index >= 15 is 0 Å². The predicted octanol–water partition coefficient (Wildman–Crippen LogP) is 6.94. The molecule has 4 heteroatoms. The molecule has 0 amide bonds. The number of rotatable bonds is 1. The smallest absolute Gasteiger partial charge is 0.194 e. The van der Waals surface area contributed by atoms with Crippen molar-refractivity contribution >= 4 is 49.5 Å². The third-order valence-electron chi connectivity index (χ3n) is 5.11. The second kappa shape index (κ2) is 7.85. The van der Waals surface area contributed by atoms with Gasteiger partial charge < -0.3 is 0 Å². The lowest BCUT2D eigenvalue weighted by Gasteiger charge is -2.02. The van der Waals surface area contributed by atoms with Crippen LogP contribution in [0.1, 0.15) is 38.2 Å². The summed E-state index contributed by atoms with van der Waals surface area (Å²) >= 11 is 3.29. The summed E-state index contributed by atoms with van der Waals surface area (Å²) < 4.78 is 2.31. The summed E-state index contributed by atoms with van der Waals surface area (Å²) in [7, 11) is 0. The first kappa shape index (κ1) is 19.3. The second-order valence-electron chi connectivity index (χ2n) is 7.15. The summed E-state index contributed by atoms with van der Waals surface area (Å²) in [5.74, 6) is 6.42. The number of fused-ring (bicyclic) bond motifs is 2. The fourth-order valence-electron chi connectivity index (χ4n) is 3.69. The molecule has 31 heavy (non-hydrogen) atoms. The molecule has 1 aliphatic carbocycles. The Morgan fingerprint density at radius 2 is 1.61 bits per heavy atom. The number of nitriles is 1. The van der Waals surface area contributed by atoms with Crippen LogP contribution in [0, 0.1) is 23.2 Å². The molecule has 2 heterocycles. The van der Waals surface area contributed by atoms with E-state index in [0.29, 0.717) is 16.7 Å². The van der Waals surface area contributed by atoms with E-state index in [1.165, 1.54) is 0 Å². The molecule has 0 bridgehead atoms. The zero-order valence-corrected chi connectivity index (χ0v) is 18.2. The Morgan fingerprint density at radius 3 is 2.35 bits per heavy atom. The highest BCUT2D eigenvalue weighted by Gasteiger charge is 2.31. The van der Waals surface area contributed by atoms with Crippen LogP contribution in [0.15, 0.2) is 77.9 Å². The molecule has 0 aliphatic heterocycles. The summed E-state index contributed by atoms with van der Waals surface area (Å²) in [5, 5.41) is 9.48. The van der Waals surface area contributed by atoms with Gasteiger partial charge >= 0.3 is 0 Å². The summed E-state index contributed by atoms with van der Waals surface area (Å²) in [5.41, 5.74) is 4.40. The molecule has 0 unspecified atom stereocenters. The van der Waals surface area contributed by atoms with E-state index < -0.39 is 0 Å². The molecule has 5 rings (SSSR count). The second-order valence-corrected chi connectivity index (χ2v) is 9.35. The largest absolute Gasteiger partial charge is 0.289 e. The fourth-order valence-corrected chi connectivity index (χ4v) is 5.89. The van der Waals surface area contributed by atoms with E-state index in [9.17, 15) is 10.1 Å². The number of carbonyl (C=O) groups is 1. The van der Waals surface area contributed by atoms with Gasteiger partial charge in [-0.1, -0.05) is 54.3 Å². The molecule has 2 nitrogen and oxygen atoms in total. The average molecular weight is 434 g/mol. The molecule has 0 spiro atoms. The molecule has 0 N–H and O–H groups in total. The molecule has 0 atom stereocenters. The first-order valence-electron chi connectivity index (χ1n) is 9.71. The number of thiophene rings is 2. The molecule has 4 aromatic rings. The highest BCUT2D eigenvalue weighted by molar-refractivity contribution is 7.28. The van der Waals surface area contributed by atoms with E-state index in [1.54, 1.807) is 29.6 Å². The van der Waals surface area contributed by atoms with Gasteiger partial charge in [0.1, 0.15) is 0 Å². The molecule has 0 saturated heterocycles. The summed E-state index contributed by atoms with van der Waals surface area (Å²) in [6, 6.07) is 23.9. The minimum atomic E-state index is -0.0219. The summed E-state index contributed by atoms with van der Waals surface area (Å²) in [4.78, 5) is 15.1. The van der Waals surface area contributed by atoms with Crippen molar-refractivity contribution in [3.8, 4) is 17.9 Å². The quantitative estimate of drug-likeness (QED) is 0.185. The van der Waals surface area contributed by atoms with Crippen molar-refractivity contribution in [1.82, 2.24) is 0 Å². The van der Waals surface area contributed by atoms with E-state index in [0.717, 1.165) is 35.9 Å². The number of hydrogen-bond acceptors (Lipinski definition) is 4. The van der Waals surface area contributed by atoms with Crippen LogP contribution in [-0.4, -0.2) is 5.78 Å². The molecular formula is C27H15NOS2. The van der Waals surface area contributed by atoms with Crippen LogP contribution >= 0.6 is 22.7 Å². The number of Topliss-reactive ketones (excluding diaryl/α,β-unsaturated/α-hetero) is 1. The molecule has 0 saturated carbocycles. The van der Waals surface area contributed by atoms with Gasteiger partial charge in [-0.3, -0.25) is 4.79 Å². The van der Waals surface area contributed by atoms with E-state index in [2.05, 4.69) is 30.0 Å². The fraction of sp³-hybridized carbons (Fsp3) is 0.0370. The van der Waals surface area contributed by atoms with Crippen molar-refractivity contribution in [2.75, 3.05) is 0 Å². The molecule has 2 aromatic carbocycles. The minimum Gasteiger partial charge on any atom is -0.289 e. The van der Waals surface area contributed by atoms with Crippen molar-refractivity contribution in [2.45, 2.75) is 6.92 Å². The van der Waals surface area contributed by atoms with Crippen molar-refractivity contribution in [1.29, 1.82) is 5.26 Å². The van der Waals surface area contributed by atoms with Crippen molar-refractivity contribution in [3.63, 3.8) is 0 Å². The van der Waals surface area contributed by atoms with E-state index in [1.807, 2.05) is 60.7 Å². The Hall–Kier alpha value is -3.70. The molecule has 0 radical (unpaired) electrons. The number of allylic oxidation sites excluding steroid dienone is 3. The lowest BCUT2D eigenvalue weighted by Crippen LogP contribution is -1.95. The molecule has 146 valence electrons. The number of benzene rings is 2. The third kappa shape index (κ3) is 3.53. The molecule has 2 aromatic heterocycles. The monoisotopic (exact) mass is 433 g/mol. The third-order valence-corrected chi connectivity index (χ3v) is 7.27. The van der Waals surface area contributed by atoms with Crippen LogP contribution in [0.2, 0.25) is 0 Å². The molecule has 1 aliphatic rings. The highest BCUT2D eigenvalue weighted by atomic mass is 32.1. The van der Waals surface area contributed by atoms with Crippen LogP contribution in [0.25, 0.3) is 21.0 Å². The van der Waals surface area contributed by atoms with Crippen LogP contribution in [0.3, 0.4) is 0 Å². The van der Waals surface area contributed by atoms with Crippen molar-refractivity contribution in [2.24, 2.45) is 0 Å². The summed E-state index contributed by atoms with van der Waals surface area (Å²) in [6.45, 7) is 1.77. The summed E-state index contributed by atoms with van der Waals surface area (Å²) in [6.07, 6.45) is 1.92. The Labute approximate surface area is 188 Å². The van der Waals surface area contributed by atoms with Gasteiger partial charge in [0.05, 0.1) is 10.9 Å². The topological polar surface area (TPSA) is 40.9 Å². The van der Waals surface area contributed by atoms with Crippen LogP contribution in [0.5, 0.6) is 0 Å². The van der Waals surface area contributed by atoms with Crippen LogP contribution in [-0.2, 0) is 0 Å². The normalized spacial score (nSPS) is 15.5. The van der Waals surface area contributed by atoms with E-state index in [4.69, 9.17) is 0 Å². The Morgan fingerprint density at radius 1 is 0.903 bits per heavy atom. The van der Waals surface area contributed by atoms with E-state index in [-0.39, 0.29) is 5.78 Å². The van der Waals surface area contributed by atoms with Gasteiger partial charge in [-0.05, 0) is 42.8 Å². The molecule has 0 fully saturated rings. The maximum atomic E-state index is 13.0. The van der Waals surface area contributed by atoms with Crippen LogP contribution < -0.4 is 0 Å². The van der Waals surface area contributed by atoms with Gasteiger partial charge in [0.2, 0.25) is 0 Å². The predicted molar refractivity (Wildman–Crippen MR) is 129 cm³/mol. The standard InChI is InChI=1S/C27H15NOS2/c1-17(16-28)26-21-9-5-6-10-22(21)27(29)23(26)13-20-15-25-24(31-20)14-19(30-25)12-11-18-7-3-2-4-8-18/h2-10,13-15H,1H3/b23-13-,26-17?. The molecular weight excluding hydrogens is 418 g/mol. The number of nitrogens with zero attached hydrogens (tertiary/aromatic N) is 1. The Bertz CT molecular complexity index is 1480. The minimum absolute atomic E-state index is 0.0219. The lowest BCUT2D eigenvalue weighted by molar-refractivity contribution is 0.104. The zero-order chi connectivity index (χ0) is 21.4. The number of hydrogen-bond donors (Lipinski definition) is 0. The first-order chi connectivity index (χ1) is 15.1. The maximum Gasteiger partial charge on any atom is 0.194 e. The highest BCUT2D eigenvalue weighted by Crippen LogP contribution is 2.41. The Balaban J connectivity index is 1.52. The van der Waals surface area contributed by atoms with Crippen LogP contribution in [0.4, 0.5) is 0 Å². The van der Waals surface area contributed by atoms with Gasteiger partial charge in [0.15, 0.2) is 5.78 Å². The number of ketones is 1. The van der Waals surface area contributed by atoms with Gasteiger partial charge in [-0.25, -0.2) is 0 Å². The maximum absolute atomic E-state index is 13.0. The zero-order valence-electron chi connectivity index (χ0n) is 16.6. The van der Waals surface area contributed by atoms with Gasteiger partial charge in [0.25, 0.3) is 0 Å². The SMILES string of the molecule is CC(C#N)=C1/C(=C/c2cc3sc(C#Cc4ccccc4)cc3s2)C(=O)c2ccccc21. The van der Waals surface area contributed by atoms with Crippen molar-refractivity contribution in [3.05, 3.63) is 104 Å². The van der Waals surface area contributed by atoms with Crippen molar-refractivity contribution < 1.29 is 4.79 Å². The van der Waals surface area contributed by atoms with Gasteiger partial charge in [0, 0.05) is 42.1 Å². The Kier molecular flexibility index (Phi) is 4.88. The number of carbonyl (C=O) groups excluding carboxylic acids is 1. The first-order valence-corrected chi connectivity index (χ1v) is 11.3. The lowest BCUT2D eigenvalue weighted by atomic mass is 10.00. The average Bonchev–Trinajstić information content (AvgIpc) is 3.43. The van der Waals surface area contributed by atoms with Gasteiger partial charge in [-0.2, -0.15) is 5.26 Å². The van der Waals surface area contributed by atoms with Gasteiger partial charge in [-0.15, -0.1) is 22.7 Å².